The number of hydrogen-bond acceptors (Lipinski definition) is 2. The molecule has 0 saturated heterocycles. The summed E-state index contributed by atoms with van der Waals surface area (Å²) in [5.74, 6) is 0.132. The van der Waals surface area contributed by atoms with E-state index in [9.17, 15) is 0 Å². The van der Waals surface area contributed by atoms with Crippen LogP contribution in [-0.2, 0) is 0 Å². The lowest BCUT2D eigenvalue weighted by Gasteiger charge is -1.90. The van der Waals surface area contributed by atoms with E-state index >= 15 is 0 Å². The van der Waals surface area contributed by atoms with Gasteiger partial charge in [-0.2, -0.15) is 0 Å². The molecule has 0 unspecified atom stereocenters. The Morgan fingerprint density at radius 1 is 1.75 bits per heavy atom. The van der Waals surface area contributed by atoms with Crippen LogP contribution in [0.4, 0.5) is 0 Å². The Labute approximate surface area is 47.8 Å². The molecule has 2 nitrogen and oxygen atoms in total. The zero-order valence-electron chi connectivity index (χ0n) is 4.55. The molecule has 0 aliphatic rings. The lowest BCUT2D eigenvalue weighted by Crippen LogP contribution is -1.77. The fraction of sp³-hybridized carbons (Fsp3) is 0.167. The molecule has 2 heteroatoms. The first-order valence-electron chi connectivity index (χ1n) is 2.33. The van der Waals surface area contributed by atoms with Crippen LogP contribution in [0.5, 0.6) is 5.75 Å². The molecule has 0 fully saturated rings. The molecular weight excluding hydrogens is 102 g/mol. The molecule has 0 amide bonds. The maximum atomic E-state index is 8.80. The number of pyridine rings is 1. The molecule has 0 atom stereocenters. The van der Waals surface area contributed by atoms with Crippen molar-refractivity contribution in [2.75, 3.05) is 0 Å². The van der Waals surface area contributed by atoms with E-state index in [4.69, 9.17) is 5.11 Å². The highest BCUT2D eigenvalue weighted by atomic mass is 16.3. The monoisotopic (exact) mass is 108 g/mol. The van der Waals surface area contributed by atoms with Crippen LogP contribution in [0.2, 0.25) is 0 Å². The van der Waals surface area contributed by atoms with Crippen molar-refractivity contribution in [1.82, 2.24) is 4.98 Å². The average molecular weight is 108 g/mol. The summed E-state index contributed by atoms with van der Waals surface area (Å²) in [5.41, 5.74) is 0.618. The van der Waals surface area contributed by atoms with E-state index in [1.54, 1.807) is 19.2 Å². The molecule has 0 aliphatic carbocycles. The number of aromatic nitrogens is 1. The molecule has 0 bridgehead atoms. The van der Waals surface area contributed by atoms with Crippen LogP contribution in [0.15, 0.2) is 12.3 Å². The van der Waals surface area contributed by atoms with Gasteiger partial charge in [0.2, 0.25) is 0 Å². The smallest absolute Gasteiger partial charge is 0.144 e. The normalized spacial score (nSPS) is 9.12. The van der Waals surface area contributed by atoms with Crippen molar-refractivity contribution in [3.8, 4) is 5.75 Å². The first-order chi connectivity index (χ1) is 3.80. The largest absolute Gasteiger partial charge is 0.505 e. The van der Waals surface area contributed by atoms with Crippen LogP contribution in [-0.4, -0.2) is 10.1 Å². The molecule has 0 aromatic carbocycles. The van der Waals surface area contributed by atoms with Crippen molar-refractivity contribution in [2.24, 2.45) is 0 Å². The Hall–Kier alpha value is -1.05. The zero-order valence-corrected chi connectivity index (χ0v) is 4.55. The van der Waals surface area contributed by atoms with Crippen LogP contribution in [0.25, 0.3) is 0 Å². The summed E-state index contributed by atoms with van der Waals surface area (Å²) in [6.07, 6.45) is 1.59. The van der Waals surface area contributed by atoms with Gasteiger partial charge in [-0.15, -0.1) is 0 Å². The number of aryl methyl sites for hydroxylation is 1. The van der Waals surface area contributed by atoms with E-state index in [-0.39, 0.29) is 5.75 Å². The molecule has 0 aliphatic heterocycles. The molecule has 1 rings (SSSR count). The lowest BCUT2D eigenvalue weighted by atomic mass is 10.3. The van der Waals surface area contributed by atoms with Gasteiger partial charge < -0.3 is 5.11 Å². The molecule has 1 heterocycles. The fourth-order valence-electron chi connectivity index (χ4n) is 0.431. The van der Waals surface area contributed by atoms with Gasteiger partial charge in [-0.1, -0.05) is 0 Å². The predicted octanol–water partition coefficient (Wildman–Crippen LogP) is 0.896. The predicted molar refractivity (Wildman–Crippen MR) is 29.5 cm³/mol. The number of nitrogens with zero attached hydrogens (tertiary/aromatic N) is 1. The van der Waals surface area contributed by atoms with Gasteiger partial charge in [0.15, 0.2) is 0 Å². The minimum absolute atomic E-state index is 0.132. The summed E-state index contributed by atoms with van der Waals surface area (Å²) in [5, 5.41) is 8.80. The summed E-state index contributed by atoms with van der Waals surface area (Å²) in [7, 11) is 0. The second kappa shape index (κ2) is 1.82. The third-order valence-corrected chi connectivity index (χ3v) is 0.905. The first-order valence-corrected chi connectivity index (χ1v) is 2.33. The lowest BCUT2D eigenvalue weighted by molar-refractivity contribution is 0.466. The van der Waals surface area contributed by atoms with Crippen molar-refractivity contribution in [2.45, 2.75) is 6.92 Å². The molecule has 1 N–H and O–H groups in total. The van der Waals surface area contributed by atoms with Crippen LogP contribution in [0, 0.1) is 13.0 Å². The van der Waals surface area contributed by atoms with Gasteiger partial charge in [0.25, 0.3) is 0 Å². The zero-order chi connectivity index (χ0) is 5.98. The maximum absolute atomic E-state index is 8.80. The van der Waals surface area contributed by atoms with Crippen molar-refractivity contribution >= 4 is 0 Å². The minimum Gasteiger partial charge on any atom is -0.505 e. The summed E-state index contributed by atoms with van der Waals surface area (Å²) in [6, 6.07) is 4.16. The van der Waals surface area contributed by atoms with E-state index in [0.29, 0.717) is 5.69 Å². The van der Waals surface area contributed by atoms with E-state index in [1.165, 1.54) is 0 Å². The van der Waals surface area contributed by atoms with Gasteiger partial charge in [0.1, 0.15) is 5.75 Å². The van der Waals surface area contributed by atoms with E-state index in [2.05, 4.69) is 11.1 Å². The quantitative estimate of drug-likeness (QED) is 0.535. The number of aromatic hydroxyl groups is 1. The highest BCUT2D eigenvalue weighted by Crippen LogP contribution is 2.07. The Balaban J connectivity index is 3.13. The van der Waals surface area contributed by atoms with Crippen molar-refractivity contribution < 1.29 is 5.11 Å². The Morgan fingerprint density at radius 2 is 2.50 bits per heavy atom. The second-order valence-corrected chi connectivity index (χ2v) is 1.52. The SMILES string of the molecule is Cc1ncc[c]c1O. The van der Waals surface area contributed by atoms with E-state index < -0.39 is 0 Å². The van der Waals surface area contributed by atoms with Gasteiger partial charge >= 0.3 is 0 Å². The van der Waals surface area contributed by atoms with Crippen LogP contribution < -0.4 is 0 Å². The van der Waals surface area contributed by atoms with Gasteiger partial charge in [-0.05, 0) is 13.0 Å². The van der Waals surface area contributed by atoms with E-state index in [1.807, 2.05) is 0 Å². The third-order valence-electron chi connectivity index (χ3n) is 0.905. The van der Waals surface area contributed by atoms with Gasteiger partial charge in [-0.25, -0.2) is 0 Å². The summed E-state index contributed by atoms with van der Waals surface area (Å²) >= 11 is 0. The van der Waals surface area contributed by atoms with Crippen LogP contribution >= 0.6 is 0 Å². The molecule has 0 saturated carbocycles. The molecular formula is C6H6NO. The first kappa shape index (κ1) is 5.09. The maximum Gasteiger partial charge on any atom is 0.144 e. The Bertz CT molecular complexity index is 165. The molecule has 41 valence electrons. The van der Waals surface area contributed by atoms with Crippen molar-refractivity contribution in [3.05, 3.63) is 24.0 Å². The third kappa shape index (κ3) is 0.780. The molecule has 1 aromatic heterocycles. The molecule has 8 heavy (non-hydrogen) atoms. The van der Waals surface area contributed by atoms with Crippen molar-refractivity contribution in [1.29, 1.82) is 0 Å². The van der Waals surface area contributed by atoms with Gasteiger partial charge in [-0.3, -0.25) is 4.98 Å². The van der Waals surface area contributed by atoms with Crippen LogP contribution in [0.1, 0.15) is 5.69 Å². The Morgan fingerprint density at radius 3 is 2.88 bits per heavy atom. The minimum atomic E-state index is 0.132. The van der Waals surface area contributed by atoms with Crippen molar-refractivity contribution in [3.63, 3.8) is 0 Å². The highest BCUT2D eigenvalue weighted by Gasteiger charge is 1.89. The van der Waals surface area contributed by atoms with Gasteiger partial charge in [0.05, 0.1) is 5.69 Å². The number of rotatable bonds is 0. The number of hydrogen-bond donors (Lipinski definition) is 1. The highest BCUT2D eigenvalue weighted by molar-refractivity contribution is 5.21. The standard InChI is InChI=1S/C6H6NO/c1-5-6(8)3-2-4-7-5/h2,4,8H,1H3. The second-order valence-electron chi connectivity index (χ2n) is 1.52. The topological polar surface area (TPSA) is 33.1 Å². The van der Waals surface area contributed by atoms with Crippen LogP contribution in [0.3, 0.4) is 0 Å². The average Bonchev–Trinajstić information content (AvgIpc) is 1.77. The Kier molecular flexibility index (Phi) is 1.16. The molecule has 1 radical (unpaired) electrons. The summed E-state index contributed by atoms with van der Waals surface area (Å²) in [6.45, 7) is 1.73. The fourth-order valence-corrected chi connectivity index (χ4v) is 0.431. The molecule has 1 aromatic rings. The molecule has 0 spiro atoms. The summed E-state index contributed by atoms with van der Waals surface area (Å²) < 4.78 is 0. The van der Waals surface area contributed by atoms with E-state index in [0.717, 1.165) is 0 Å². The van der Waals surface area contributed by atoms with Gasteiger partial charge in [0, 0.05) is 12.3 Å². The summed E-state index contributed by atoms with van der Waals surface area (Å²) in [4.78, 5) is 3.80.